The summed E-state index contributed by atoms with van der Waals surface area (Å²) in [4.78, 5) is 23.8. The second-order valence-electron chi connectivity index (χ2n) is 5.57. The van der Waals surface area contributed by atoms with Crippen molar-refractivity contribution < 1.29 is 23.8 Å². The summed E-state index contributed by atoms with van der Waals surface area (Å²) in [6.07, 6.45) is 0. The van der Waals surface area contributed by atoms with Crippen LogP contribution in [0.2, 0.25) is 0 Å². The fourth-order valence-electron chi connectivity index (χ4n) is 2.15. The van der Waals surface area contributed by atoms with E-state index in [1.807, 2.05) is 24.3 Å². The molecule has 0 heterocycles. The van der Waals surface area contributed by atoms with Gasteiger partial charge >= 0.3 is 5.97 Å². The molecule has 0 aromatic heterocycles. The van der Waals surface area contributed by atoms with Crippen LogP contribution in [0.5, 0.6) is 5.75 Å². The fourth-order valence-corrected chi connectivity index (χ4v) is 2.15. The van der Waals surface area contributed by atoms with Gasteiger partial charge in [-0.05, 0) is 19.1 Å². The number of para-hydroxylation sites is 1. The molecule has 5 heteroatoms. The Bertz CT molecular complexity index is 752. The first-order valence-electron chi connectivity index (χ1n) is 8.31. The van der Waals surface area contributed by atoms with Gasteiger partial charge < -0.3 is 14.2 Å². The molecule has 0 saturated carbocycles. The average Bonchev–Trinajstić information content (AvgIpc) is 2.67. The van der Waals surface area contributed by atoms with Crippen LogP contribution >= 0.6 is 0 Å². The minimum Gasteiger partial charge on any atom is -0.490 e. The van der Waals surface area contributed by atoms with Crippen molar-refractivity contribution in [2.45, 2.75) is 6.92 Å². The van der Waals surface area contributed by atoms with E-state index >= 15 is 0 Å². The van der Waals surface area contributed by atoms with E-state index in [9.17, 15) is 9.59 Å². The molecule has 0 aliphatic heterocycles. The Morgan fingerprint density at radius 3 is 2.27 bits per heavy atom. The predicted molar refractivity (Wildman–Crippen MR) is 98.4 cm³/mol. The first-order valence-corrected chi connectivity index (χ1v) is 8.31. The number of ketones is 1. The molecule has 2 aromatic rings. The number of hydrogen-bond acceptors (Lipinski definition) is 5. The van der Waals surface area contributed by atoms with Gasteiger partial charge in [0.25, 0.3) is 0 Å². The summed E-state index contributed by atoms with van der Waals surface area (Å²) in [5.74, 6) is -0.00862. The summed E-state index contributed by atoms with van der Waals surface area (Å²) in [5, 5.41) is 0. The number of esters is 1. The Morgan fingerprint density at radius 2 is 1.54 bits per heavy atom. The molecule has 0 unspecified atom stereocenters. The highest BCUT2D eigenvalue weighted by Gasteiger charge is 2.13. The third-order valence-electron chi connectivity index (χ3n) is 3.46. The Hall–Kier alpha value is -2.92. The highest BCUT2D eigenvalue weighted by atomic mass is 16.6. The lowest BCUT2D eigenvalue weighted by molar-refractivity contribution is -0.140. The lowest BCUT2D eigenvalue weighted by atomic mass is 10.0. The van der Waals surface area contributed by atoms with Crippen LogP contribution in [0.1, 0.15) is 22.8 Å². The molecule has 26 heavy (non-hydrogen) atoms. The third-order valence-corrected chi connectivity index (χ3v) is 3.46. The zero-order valence-electron chi connectivity index (χ0n) is 14.8. The van der Waals surface area contributed by atoms with Crippen molar-refractivity contribution >= 4 is 11.8 Å². The van der Waals surface area contributed by atoms with Crippen molar-refractivity contribution in [3.8, 4) is 5.75 Å². The Balaban J connectivity index is 1.79. The molecule has 0 spiro atoms. The quantitative estimate of drug-likeness (QED) is 0.283. The topological polar surface area (TPSA) is 61.8 Å². The van der Waals surface area contributed by atoms with Crippen LogP contribution in [0, 0.1) is 0 Å². The number of benzene rings is 2. The first kappa shape index (κ1) is 19.4. The third kappa shape index (κ3) is 5.86. The minimum atomic E-state index is -0.432. The molecule has 0 N–H and O–H groups in total. The summed E-state index contributed by atoms with van der Waals surface area (Å²) < 4.78 is 16.0. The van der Waals surface area contributed by atoms with E-state index in [0.717, 1.165) is 0 Å². The molecule has 0 aliphatic rings. The van der Waals surface area contributed by atoms with E-state index in [2.05, 4.69) is 6.58 Å². The van der Waals surface area contributed by atoms with Gasteiger partial charge in [-0.3, -0.25) is 4.79 Å². The molecule has 0 aliphatic carbocycles. The van der Waals surface area contributed by atoms with Crippen LogP contribution in [0.3, 0.4) is 0 Å². The molecular formula is C21H22O5. The molecule has 2 rings (SSSR count). The number of hydrogen-bond donors (Lipinski definition) is 0. The number of ether oxygens (including phenoxy) is 3. The van der Waals surface area contributed by atoms with E-state index in [4.69, 9.17) is 14.2 Å². The molecule has 5 nitrogen and oxygen atoms in total. The lowest BCUT2D eigenvalue weighted by Gasteiger charge is -2.11. The maximum Gasteiger partial charge on any atom is 0.333 e. The predicted octanol–water partition coefficient (Wildman–Crippen LogP) is 3.43. The van der Waals surface area contributed by atoms with Crippen LogP contribution in [0.15, 0.2) is 66.7 Å². The molecule has 136 valence electrons. The van der Waals surface area contributed by atoms with Crippen LogP contribution in [0.25, 0.3) is 0 Å². The molecule has 0 radical (unpaired) electrons. The number of rotatable bonds is 10. The van der Waals surface area contributed by atoms with Gasteiger partial charge in [0.05, 0.1) is 18.8 Å². The molecule has 0 amide bonds. The normalized spacial score (nSPS) is 10.2. The van der Waals surface area contributed by atoms with Crippen molar-refractivity contribution in [1.29, 1.82) is 0 Å². The van der Waals surface area contributed by atoms with Crippen molar-refractivity contribution in [1.82, 2.24) is 0 Å². The zero-order valence-corrected chi connectivity index (χ0v) is 14.8. The van der Waals surface area contributed by atoms with Gasteiger partial charge in [0.15, 0.2) is 5.78 Å². The van der Waals surface area contributed by atoms with Crippen molar-refractivity contribution in [3.63, 3.8) is 0 Å². The smallest absolute Gasteiger partial charge is 0.333 e. The number of carbonyl (C=O) groups is 2. The van der Waals surface area contributed by atoms with Crippen LogP contribution in [0.4, 0.5) is 0 Å². The summed E-state index contributed by atoms with van der Waals surface area (Å²) in [6, 6.07) is 16.2. The average molecular weight is 354 g/mol. The number of carbonyl (C=O) groups excluding carboxylic acids is 2. The van der Waals surface area contributed by atoms with Gasteiger partial charge in [-0.25, -0.2) is 4.79 Å². The molecule has 0 bridgehead atoms. The van der Waals surface area contributed by atoms with Gasteiger partial charge in [0.2, 0.25) is 0 Å². The van der Waals surface area contributed by atoms with Crippen molar-refractivity contribution in [3.05, 3.63) is 77.9 Å². The molecular weight excluding hydrogens is 332 g/mol. The van der Waals surface area contributed by atoms with Gasteiger partial charge in [0.1, 0.15) is 19.0 Å². The standard InChI is InChI=1S/C21H22O5/c1-16(2)21(23)26-15-13-24-12-14-25-19-11-7-6-10-18(19)20(22)17-8-4-3-5-9-17/h3-11H,1,12-15H2,2H3. The van der Waals surface area contributed by atoms with Gasteiger partial charge in [0, 0.05) is 11.1 Å². The summed E-state index contributed by atoms with van der Waals surface area (Å²) in [7, 11) is 0. The molecule has 0 fully saturated rings. The summed E-state index contributed by atoms with van der Waals surface area (Å²) in [5.41, 5.74) is 1.47. The summed E-state index contributed by atoms with van der Waals surface area (Å²) >= 11 is 0. The Kier molecular flexibility index (Phi) is 7.58. The Morgan fingerprint density at radius 1 is 0.885 bits per heavy atom. The maximum absolute atomic E-state index is 12.6. The molecule has 0 atom stereocenters. The zero-order chi connectivity index (χ0) is 18.8. The van der Waals surface area contributed by atoms with Gasteiger partial charge in [-0.1, -0.05) is 49.0 Å². The highest BCUT2D eigenvalue weighted by Crippen LogP contribution is 2.21. The second-order valence-corrected chi connectivity index (χ2v) is 5.57. The van der Waals surface area contributed by atoms with Crippen molar-refractivity contribution in [2.24, 2.45) is 0 Å². The van der Waals surface area contributed by atoms with Crippen LogP contribution < -0.4 is 4.74 Å². The van der Waals surface area contributed by atoms with Gasteiger partial charge in [-0.15, -0.1) is 0 Å². The maximum atomic E-state index is 12.6. The first-order chi connectivity index (χ1) is 12.6. The van der Waals surface area contributed by atoms with Gasteiger partial charge in [-0.2, -0.15) is 0 Å². The molecule has 0 saturated heterocycles. The van der Waals surface area contributed by atoms with Crippen LogP contribution in [-0.2, 0) is 14.3 Å². The van der Waals surface area contributed by atoms with E-state index in [1.165, 1.54) is 0 Å². The summed E-state index contributed by atoms with van der Waals surface area (Å²) in [6.45, 7) is 6.12. The molecule has 2 aromatic carbocycles. The monoisotopic (exact) mass is 354 g/mol. The SMILES string of the molecule is C=C(C)C(=O)OCCOCCOc1ccccc1C(=O)c1ccccc1. The van der Waals surface area contributed by atoms with Crippen LogP contribution in [-0.4, -0.2) is 38.2 Å². The van der Waals surface area contributed by atoms with Crippen molar-refractivity contribution in [2.75, 3.05) is 26.4 Å². The van der Waals surface area contributed by atoms with E-state index < -0.39 is 5.97 Å². The van der Waals surface area contributed by atoms with E-state index in [-0.39, 0.29) is 25.6 Å². The lowest BCUT2D eigenvalue weighted by Crippen LogP contribution is -2.14. The second kappa shape index (κ2) is 10.2. The minimum absolute atomic E-state index is 0.0891. The van der Waals surface area contributed by atoms with E-state index in [0.29, 0.717) is 29.1 Å². The largest absolute Gasteiger partial charge is 0.490 e. The fraction of sp³-hybridized carbons (Fsp3) is 0.238. The highest BCUT2D eigenvalue weighted by molar-refractivity contribution is 6.10. The Labute approximate surface area is 153 Å². The van der Waals surface area contributed by atoms with E-state index in [1.54, 1.807) is 37.3 Å².